The van der Waals surface area contributed by atoms with Crippen LogP contribution in [0.2, 0.25) is 10.0 Å². The highest BCUT2D eigenvalue weighted by atomic mass is 35.5. The summed E-state index contributed by atoms with van der Waals surface area (Å²) in [6.45, 7) is 0. The topological polar surface area (TPSA) is 46.3 Å². The van der Waals surface area contributed by atoms with Crippen LogP contribution in [0.4, 0.5) is 10.1 Å². The van der Waals surface area contributed by atoms with Crippen molar-refractivity contribution >= 4 is 34.8 Å². The molecule has 2 aliphatic rings. The molecule has 26 heavy (non-hydrogen) atoms. The zero-order valence-corrected chi connectivity index (χ0v) is 15.6. The number of hydrogen-bond acceptors (Lipinski definition) is 2. The van der Waals surface area contributed by atoms with Gasteiger partial charge in [0.1, 0.15) is 5.82 Å². The van der Waals surface area contributed by atoms with E-state index in [1.54, 1.807) is 12.1 Å². The molecule has 2 bridgehead atoms. The third kappa shape index (κ3) is 3.06. The summed E-state index contributed by atoms with van der Waals surface area (Å²) in [5, 5.41) is 0.601. The van der Waals surface area contributed by atoms with Crippen molar-refractivity contribution in [2.45, 2.75) is 43.7 Å². The van der Waals surface area contributed by atoms with Gasteiger partial charge in [-0.05, 0) is 61.4 Å². The Kier molecular flexibility index (Phi) is 4.57. The number of carbonyl (C=O) groups excluding carboxylic acids is 1. The molecule has 2 heterocycles. The summed E-state index contributed by atoms with van der Waals surface area (Å²) >= 11 is 12.2. The van der Waals surface area contributed by atoms with Crippen LogP contribution in [0.1, 0.15) is 47.5 Å². The van der Waals surface area contributed by atoms with E-state index < -0.39 is 0 Å². The Morgan fingerprint density at radius 1 is 1.04 bits per heavy atom. The van der Waals surface area contributed by atoms with Gasteiger partial charge >= 0.3 is 0 Å². The largest absolute Gasteiger partial charge is 0.396 e. The SMILES string of the molecule is Nc1c(Cl)cc(C(=O)N2[C@@H]3CC[C@H]2CC(c2ccc(F)cc2)C3)cc1Cl. The van der Waals surface area contributed by atoms with Gasteiger partial charge in [-0.25, -0.2) is 4.39 Å². The molecule has 0 aromatic heterocycles. The van der Waals surface area contributed by atoms with Gasteiger partial charge in [0.05, 0.1) is 15.7 Å². The first kappa shape index (κ1) is 17.6. The van der Waals surface area contributed by atoms with Crippen molar-refractivity contribution in [2.75, 3.05) is 5.73 Å². The first-order valence-electron chi connectivity index (χ1n) is 8.76. The number of nitrogens with zero attached hydrogens (tertiary/aromatic N) is 1. The summed E-state index contributed by atoms with van der Waals surface area (Å²) in [5.74, 6) is 0.0936. The Morgan fingerprint density at radius 2 is 1.58 bits per heavy atom. The number of hydrogen-bond donors (Lipinski definition) is 1. The van der Waals surface area contributed by atoms with Crippen molar-refractivity contribution in [1.29, 1.82) is 0 Å². The molecule has 2 N–H and O–H groups in total. The van der Waals surface area contributed by atoms with Crippen LogP contribution in [-0.4, -0.2) is 22.9 Å². The van der Waals surface area contributed by atoms with E-state index in [4.69, 9.17) is 28.9 Å². The smallest absolute Gasteiger partial charge is 0.254 e. The highest BCUT2D eigenvalue weighted by molar-refractivity contribution is 6.39. The van der Waals surface area contributed by atoms with Crippen molar-refractivity contribution in [1.82, 2.24) is 4.90 Å². The van der Waals surface area contributed by atoms with Gasteiger partial charge in [-0.1, -0.05) is 35.3 Å². The molecule has 3 nitrogen and oxygen atoms in total. The Balaban J connectivity index is 1.56. The predicted molar refractivity (Wildman–Crippen MR) is 102 cm³/mol. The lowest BCUT2D eigenvalue weighted by molar-refractivity contribution is 0.0571. The minimum atomic E-state index is -0.221. The summed E-state index contributed by atoms with van der Waals surface area (Å²) in [6, 6.07) is 10.3. The number of carbonyl (C=O) groups is 1. The molecule has 2 aliphatic heterocycles. The van der Waals surface area contributed by atoms with Crippen molar-refractivity contribution in [3.8, 4) is 0 Å². The minimum absolute atomic E-state index is 0.0427. The number of benzene rings is 2. The minimum Gasteiger partial charge on any atom is -0.396 e. The third-order valence-electron chi connectivity index (χ3n) is 5.64. The van der Waals surface area contributed by atoms with E-state index in [2.05, 4.69) is 0 Å². The van der Waals surface area contributed by atoms with Crippen molar-refractivity contribution in [3.63, 3.8) is 0 Å². The molecule has 2 aromatic carbocycles. The Morgan fingerprint density at radius 3 is 2.12 bits per heavy atom. The van der Waals surface area contributed by atoms with Crippen molar-refractivity contribution in [3.05, 3.63) is 63.4 Å². The number of piperidine rings is 1. The number of fused-ring (bicyclic) bond motifs is 2. The molecule has 2 saturated heterocycles. The van der Waals surface area contributed by atoms with Gasteiger partial charge in [0.15, 0.2) is 0 Å². The maximum atomic E-state index is 13.2. The van der Waals surface area contributed by atoms with Crippen LogP contribution in [0.3, 0.4) is 0 Å². The van der Waals surface area contributed by atoms with Crippen LogP contribution in [0.5, 0.6) is 0 Å². The van der Waals surface area contributed by atoms with Gasteiger partial charge in [0.25, 0.3) is 5.91 Å². The summed E-state index contributed by atoms with van der Waals surface area (Å²) < 4.78 is 13.2. The maximum absolute atomic E-state index is 13.2. The monoisotopic (exact) mass is 392 g/mol. The molecule has 1 unspecified atom stereocenters. The summed E-state index contributed by atoms with van der Waals surface area (Å²) in [6.07, 6.45) is 3.77. The summed E-state index contributed by atoms with van der Waals surface area (Å²) in [4.78, 5) is 15.1. The predicted octanol–water partition coefficient (Wildman–Crippen LogP) is 5.27. The third-order valence-corrected chi connectivity index (χ3v) is 6.26. The first-order valence-corrected chi connectivity index (χ1v) is 9.52. The molecule has 4 rings (SSSR count). The van der Waals surface area contributed by atoms with E-state index in [9.17, 15) is 9.18 Å². The van der Waals surface area contributed by atoms with Gasteiger partial charge in [-0.3, -0.25) is 4.79 Å². The number of halogens is 3. The lowest BCUT2D eigenvalue weighted by Gasteiger charge is -2.39. The molecule has 136 valence electrons. The second-order valence-electron chi connectivity index (χ2n) is 7.17. The second-order valence-corrected chi connectivity index (χ2v) is 7.99. The maximum Gasteiger partial charge on any atom is 0.254 e. The Bertz CT molecular complexity index is 818. The second kappa shape index (κ2) is 6.75. The molecule has 0 aliphatic carbocycles. The van der Waals surface area contributed by atoms with Crippen LogP contribution in [-0.2, 0) is 0 Å². The molecular weight excluding hydrogens is 374 g/mol. The normalized spacial score (nSPS) is 24.7. The Hall–Kier alpha value is -1.78. The number of rotatable bonds is 2. The number of nitrogen functional groups attached to an aromatic ring is 1. The first-order chi connectivity index (χ1) is 12.4. The number of nitrogens with two attached hydrogens (primary N) is 1. The lowest BCUT2D eigenvalue weighted by atomic mass is 9.85. The van der Waals surface area contributed by atoms with Crippen LogP contribution < -0.4 is 5.73 Å². The molecule has 2 fully saturated rings. The zero-order chi connectivity index (χ0) is 18.4. The van der Waals surface area contributed by atoms with E-state index in [1.165, 1.54) is 12.1 Å². The fourth-order valence-corrected chi connectivity index (χ4v) is 4.86. The van der Waals surface area contributed by atoms with Gasteiger partial charge in [0.2, 0.25) is 0 Å². The number of amides is 1. The van der Waals surface area contributed by atoms with E-state index >= 15 is 0 Å². The average molecular weight is 393 g/mol. The van der Waals surface area contributed by atoms with Gasteiger partial charge in [-0.2, -0.15) is 0 Å². The van der Waals surface area contributed by atoms with E-state index in [-0.39, 0.29) is 23.8 Å². The van der Waals surface area contributed by atoms with Gasteiger partial charge in [-0.15, -0.1) is 0 Å². The molecule has 0 saturated carbocycles. The molecule has 2 aromatic rings. The standard InChI is InChI=1S/C20H19Cl2FN2O/c21-17-9-13(10-18(22)19(17)24)20(26)25-15-5-6-16(25)8-12(7-15)11-1-3-14(23)4-2-11/h1-4,9-10,12,15-16H,5-8,24H2/t12?,15-,16+. The zero-order valence-electron chi connectivity index (χ0n) is 14.1. The molecule has 0 radical (unpaired) electrons. The molecular formula is C20H19Cl2FN2O. The van der Waals surface area contributed by atoms with Crippen molar-refractivity contribution < 1.29 is 9.18 Å². The van der Waals surface area contributed by atoms with Crippen LogP contribution >= 0.6 is 23.2 Å². The van der Waals surface area contributed by atoms with E-state index in [0.717, 1.165) is 31.2 Å². The quantitative estimate of drug-likeness (QED) is 0.707. The van der Waals surface area contributed by atoms with E-state index in [1.807, 2.05) is 17.0 Å². The highest BCUT2D eigenvalue weighted by Crippen LogP contribution is 2.44. The molecule has 1 amide bonds. The molecule has 0 spiro atoms. The summed E-state index contributed by atoms with van der Waals surface area (Å²) in [5.41, 5.74) is 7.69. The molecule has 3 atom stereocenters. The average Bonchev–Trinajstić information content (AvgIpc) is 2.88. The van der Waals surface area contributed by atoms with Crippen molar-refractivity contribution in [2.24, 2.45) is 0 Å². The van der Waals surface area contributed by atoms with Crippen LogP contribution in [0, 0.1) is 5.82 Å². The Labute approximate surface area is 161 Å². The van der Waals surface area contributed by atoms with E-state index in [0.29, 0.717) is 27.2 Å². The number of anilines is 1. The highest BCUT2D eigenvalue weighted by Gasteiger charge is 2.43. The summed E-state index contributed by atoms with van der Waals surface area (Å²) in [7, 11) is 0. The van der Waals surface area contributed by atoms with Gasteiger partial charge < -0.3 is 10.6 Å². The lowest BCUT2D eigenvalue weighted by Crippen LogP contribution is -2.46. The van der Waals surface area contributed by atoms with Gasteiger partial charge in [0, 0.05) is 17.6 Å². The fraction of sp³-hybridized carbons (Fsp3) is 0.350. The van der Waals surface area contributed by atoms with Crippen LogP contribution in [0.25, 0.3) is 0 Å². The fourth-order valence-electron chi connectivity index (χ4n) is 4.37. The van der Waals surface area contributed by atoms with Crippen LogP contribution in [0.15, 0.2) is 36.4 Å². The molecule has 6 heteroatoms.